The molecule has 2 amide bonds. The van der Waals surface area contributed by atoms with Gasteiger partial charge < -0.3 is 14.5 Å². The molecular formula is C19H24N2O3. The first-order valence-corrected chi connectivity index (χ1v) is 8.81. The molecule has 3 aliphatic rings. The lowest BCUT2D eigenvalue weighted by Crippen LogP contribution is -2.34. The Bertz CT molecular complexity index is 670. The molecule has 2 heterocycles. The molecule has 0 radical (unpaired) electrons. The number of ether oxygens (including phenoxy) is 1. The van der Waals surface area contributed by atoms with E-state index in [9.17, 15) is 9.59 Å². The van der Waals surface area contributed by atoms with Crippen molar-refractivity contribution in [3.05, 3.63) is 24.3 Å². The van der Waals surface area contributed by atoms with E-state index in [1.807, 2.05) is 34.1 Å². The summed E-state index contributed by atoms with van der Waals surface area (Å²) < 4.78 is 5.27. The van der Waals surface area contributed by atoms with Crippen molar-refractivity contribution < 1.29 is 14.3 Å². The first kappa shape index (κ1) is 15.5. The number of amides is 2. The number of methoxy groups -OCH3 is 1. The van der Waals surface area contributed by atoms with E-state index < -0.39 is 0 Å². The minimum atomic E-state index is -0.0701. The van der Waals surface area contributed by atoms with Gasteiger partial charge in [-0.1, -0.05) is 6.07 Å². The summed E-state index contributed by atoms with van der Waals surface area (Å²) >= 11 is 0. The SMILES string of the molecule is COc1cccc(N2C[C@@]3(CCN(C(=O)CC4CC4)C3)CC2=O)c1. The molecule has 5 nitrogen and oxygen atoms in total. The van der Waals surface area contributed by atoms with E-state index in [4.69, 9.17) is 4.74 Å². The maximum atomic E-state index is 12.6. The Labute approximate surface area is 142 Å². The standard InChI is InChI=1S/C19H24N2O3/c1-24-16-4-2-3-15(10-16)21-13-19(11-18(21)23)7-8-20(12-19)17(22)9-14-5-6-14/h2-4,10,14H,5-9,11-13H2,1H3/t19-/m0/s1. The molecular weight excluding hydrogens is 304 g/mol. The van der Waals surface area contributed by atoms with Crippen LogP contribution in [-0.4, -0.2) is 43.5 Å². The lowest BCUT2D eigenvalue weighted by molar-refractivity contribution is -0.131. The lowest BCUT2D eigenvalue weighted by Gasteiger charge is -2.24. The van der Waals surface area contributed by atoms with Crippen molar-refractivity contribution in [3.63, 3.8) is 0 Å². The van der Waals surface area contributed by atoms with Gasteiger partial charge in [-0.2, -0.15) is 0 Å². The zero-order valence-electron chi connectivity index (χ0n) is 14.2. The Morgan fingerprint density at radius 3 is 2.92 bits per heavy atom. The summed E-state index contributed by atoms with van der Waals surface area (Å²) in [6.45, 7) is 2.22. The zero-order chi connectivity index (χ0) is 16.7. The van der Waals surface area contributed by atoms with Gasteiger partial charge in [-0.3, -0.25) is 9.59 Å². The number of benzene rings is 1. The maximum absolute atomic E-state index is 12.6. The zero-order valence-corrected chi connectivity index (χ0v) is 14.2. The third-order valence-electron chi connectivity index (χ3n) is 5.64. The first-order chi connectivity index (χ1) is 11.6. The van der Waals surface area contributed by atoms with Crippen molar-refractivity contribution in [1.29, 1.82) is 0 Å². The number of anilines is 1. The number of carbonyl (C=O) groups excluding carboxylic acids is 2. The monoisotopic (exact) mass is 328 g/mol. The highest BCUT2D eigenvalue weighted by Gasteiger charge is 2.49. The van der Waals surface area contributed by atoms with Gasteiger partial charge in [0.2, 0.25) is 11.8 Å². The second-order valence-electron chi connectivity index (χ2n) is 7.57. The van der Waals surface area contributed by atoms with Gasteiger partial charge in [-0.15, -0.1) is 0 Å². The molecule has 24 heavy (non-hydrogen) atoms. The maximum Gasteiger partial charge on any atom is 0.227 e. The van der Waals surface area contributed by atoms with Gasteiger partial charge in [0.05, 0.1) is 7.11 Å². The molecule has 0 N–H and O–H groups in total. The summed E-state index contributed by atoms with van der Waals surface area (Å²) in [7, 11) is 1.63. The molecule has 0 bridgehead atoms. The minimum Gasteiger partial charge on any atom is -0.497 e. The van der Waals surface area contributed by atoms with Crippen LogP contribution >= 0.6 is 0 Å². The van der Waals surface area contributed by atoms with E-state index in [2.05, 4.69) is 0 Å². The molecule has 1 saturated carbocycles. The molecule has 5 heteroatoms. The van der Waals surface area contributed by atoms with Gasteiger partial charge >= 0.3 is 0 Å². The van der Waals surface area contributed by atoms with Crippen LogP contribution in [0.15, 0.2) is 24.3 Å². The van der Waals surface area contributed by atoms with E-state index >= 15 is 0 Å². The summed E-state index contributed by atoms with van der Waals surface area (Å²) in [6, 6.07) is 7.65. The van der Waals surface area contributed by atoms with Crippen LogP contribution in [-0.2, 0) is 9.59 Å². The largest absolute Gasteiger partial charge is 0.497 e. The topological polar surface area (TPSA) is 49.9 Å². The molecule has 0 aromatic heterocycles. The van der Waals surface area contributed by atoms with Crippen LogP contribution in [0.2, 0.25) is 0 Å². The van der Waals surface area contributed by atoms with E-state index in [-0.39, 0.29) is 17.2 Å². The molecule has 4 rings (SSSR count). The number of hydrogen-bond donors (Lipinski definition) is 0. The van der Waals surface area contributed by atoms with Crippen molar-refractivity contribution in [1.82, 2.24) is 4.90 Å². The molecule has 1 atom stereocenters. The summed E-state index contributed by atoms with van der Waals surface area (Å²) in [4.78, 5) is 28.8. The number of rotatable bonds is 4. The fourth-order valence-corrected chi connectivity index (χ4v) is 4.03. The molecule has 2 saturated heterocycles. The van der Waals surface area contributed by atoms with Crippen molar-refractivity contribution in [3.8, 4) is 5.75 Å². The fourth-order valence-electron chi connectivity index (χ4n) is 4.03. The Kier molecular flexibility index (Phi) is 3.74. The van der Waals surface area contributed by atoms with Gasteiger partial charge in [0, 0.05) is 49.6 Å². The van der Waals surface area contributed by atoms with E-state index in [1.54, 1.807) is 7.11 Å². The van der Waals surface area contributed by atoms with Crippen molar-refractivity contribution in [2.75, 3.05) is 31.6 Å². The second kappa shape index (κ2) is 5.80. The molecule has 0 unspecified atom stereocenters. The third-order valence-corrected chi connectivity index (χ3v) is 5.64. The fraction of sp³-hybridized carbons (Fsp3) is 0.579. The number of hydrogen-bond acceptors (Lipinski definition) is 3. The van der Waals surface area contributed by atoms with Crippen LogP contribution in [0.5, 0.6) is 5.75 Å². The van der Waals surface area contributed by atoms with Crippen LogP contribution in [0.4, 0.5) is 5.69 Å². The molecule has 128 valence electrons. The summed E-state index contributed by atoms with van der Waals surface area (Å²) in [5, 5.41) is 0. The quantitative estimate of drug-likeness (QED) is 0.853. The van der Waals surface area contributed by atoms with E-state index in [0.717, 1.165) is 30.9 Å². The van der Waals surface area contributed by atoms with Crippen LogP contribution < -0.4 is 9.64 Å². The minimum absolute atomic E-state index is 0.0701. The molecule has 1 aromatic carbocycles. The Morgan fingerprint density at radius 2 is 2.17 bits per heavy atom. The van der Waals surface area contributed by atoms with Crippen molar-refractivity contribution in [2.45, 2.75) is 32.1 Å². The average molecular weight is 328 g/mol. The Balaban J connectivity index is 1.46. The predicted octanol–water partition coefficient (Wildman–Crippen LogP) is 2.45. The van der Waals surface area contributed by atoms with Gasteiger partial charge in [0.1, 0.15) is 5.75 Å². The lowest BCUT2D eigenvalue weighted by atomic mass is 9.86. The van der Waals surface area contributed by atoms with E-state index in [1.165, 1.54) is 12.8 Å². The van der Waals surface area contributed by atoms with Crippen molar-refractivity contribution >= 4 is 17.5 Å². The van der Waals surface area contributed by atoms with Crippen LogP contribution in [0.25, 0.3) is 0 Å². The highest BCUT2D eigenvalue weighted by Crippen LogP contribution is 2.43. The molecule has 2 aliphatic heterocycles. The van der Waals surface area contributed by atoms with Crippen molar-refractivity contribution in [2.24, 2.45) is 11.3 Å². The second-order valence-corrected chi connectivity index (χ2v) is 7.57. The van der Waals surface area contributed by atoms with Crippen LogP contribution in [0.3, 0.4) is 0 Å². The summed E-state index contributed by atoms with van der Waals surface area (Å²) in [5.74, 6) is 1.81. The highest BCUT2D eigenvalue weighted by atomic mass is 16.5. The Hall–Kier alpha value is -2.04. The molecule has 1 spiro atoms. The highest BCUT2D eigenvalue weighted by molar-refractivity contribution is 5.96. The van der Waals surface area contributed by atoms with Gasteiger partial charge in [-0.25, -0.2) is 0 Å². The number of nitrogens with zero attached hydrogens (tertiary/aromatic N) is 2. The number of likely N-dealkylation sites (tertiary alicyclic amines) is 1. The number of carbonyl (C=O) groups is 2. The smallest absolute Gasteiger partial charge is 0.227 e. The average Bonchev–Trinajstić information content (AvgIpc) is 3.21. The Morgan fingerprint density at radius 1 is 1.33 bits per heavy atom. The van der Waals surface area contributed by atoms with Gasteiger partial charge in [-0.05, 0) is 37.3 Å². The van der Waals surface area contributed by atoms with Gasteiger partial charge in [0.15, 0.2) is 0 Å². The summed E-state index contributed by atoms with van der Waals surface area (Å²) in [6.07, 6.45) is 4.57. The summed E-state index contributed by atoms with van der Waals surface area (Å²) in [5.41, 5.74) is 0.818. The van der Waals surface area contributed by atoms with Crippen LogP contribution in [0, 0.1) is 11.3 Å². The predicted molar refractivity (Wildman–Crippen MR) is 90.9 cm³/mol. The normalized spacial score (nSPS) is 26.5. The first-order valence-electron chi connectivity index (χ1n) is 8.81. The molecule has 1 aliphatic carbocycles. The molecule has 3 fully saturated rings. The van der Waals surface area contributed by atoms with Crippen LogP contribution in [0.1, 0.15) is 32.1 Å². The van der Waals surface area contributed by atoms with Gasteiger partial charge in [0.25, 0.3) is 0 Å². The third kappa shape index (κ3) is 2.87. The van der Waals surface area contributed by atoms with E-state index in [0.29, 0.717) is 25.3 Å². The molecule has 1 aromatic rings.